The minimum atomic E-state index is -0.146. The molecule has 0 radical (unpaired) electrons. The summed E-state index contributed by atoms with van der Waals surface area (Å²) in [6, 6.07) is 6.12. The smallest absolute Gasteiger partial charge is 0.126 e. The van der Waals surface area contributed by atoms with E-state index >= 15 is 0 Å². The summed E-state index contributed by atoms with van der Waals surface area (Å²) in [6.07, 6.45) is 2.50. The molecule has 3 nitrogen and oxygen atoms in total. The van der Waals surface area contributed by atoms with Gasteiger partial charge >= 0.3 is 0 Å². The van der Waals surface area contributed by atoms with Gasteiger partial charge in [0.1, 0.15) is 5.82 Å². The quantitative estimate of drug-likeness (QED) is 0.896. The lowest BCUT2D eigenvalue weighted by Gasteiger charge is -2.32. The van der Waals surface area contributed by atoms with E-state index in [4.69, 9.17) is 5.73 Å². The van der Waals surface area contributed by atoms with Crippen LogP contribution in [0.5, 0.6) is 0 Å². The second-order valence-electron chi connectivity index (χ2n) is 5.98. The summed E-state index contributed by atoms with van der Waals surface area (Å²) in [4.78, 5) is 4.66. The fraction of sp³-hybridized carbons (Fsp3) is 0.625. The number of benzene rings is 1. The molecule has 1 aliphatic rings. The molecular formula is C16H26FN3. The maximum Gasteiger partial charge on any atom is 0.126 e. The highest BCUT2D eigenvalue weighted by molar-refractivity contribution is 5.26. The number of nitrogens with two attached hydrogens (primary N) is 1. The van der Waals surface area contributed by atoms with E-state index in [1.54, 1.807) is 13.0 Å². The molecule has 1 fully saturated rings. The summed E-state index contributed by atoms with van der Waals surface area (Å²) >= 11 is 0. The van der Waals surface area contributed by atoms with Gasteiger partial charge in [-0.25, -0.2) is 4.39 Å². The Morgan fingerprint density at radius 3 is 2.80 bits per heavy atom. The average Bonchev–Trinajstić information content (AvgIpc) is 2.80. The number of nitrogens with zero attached hydrogens (tertiary/aromatic N) is 2. The third-order valence-corrected chi connectivity index (χ3v) is 4.51. The number of hydrogen-bond donors (Lipinski definition) is 1. The summed E-state index contributed by atoms with van der Waals surface area (Å²) in [5.41, 5.74) is 7.58. The molecule has 0 aliphatic carbocycles. The molecule has 2 atom stereocenters. The first-order chi connectivity index (χ1) is 9.52. The Morgan fingerprint density at radius 1 is 1.50 bits per heavy atom. The molecule has 2 N–H and O–H groups in total. The first-order valence-electron chi connectivity index (χ1n) is 7.39. The van der Waals surface area contributed by atoms with Gasteiger partial charge in [-0.15, -0.1) is 0 Å². The molecule has 0 bridgehead atoms. The van der Waals surface area contributed by atoms with Crippen LogP contribution in [0, 0.1) is 12.7 Å². The van der Waals surface area contributed by atoms with Crippen LogP contribution in [0.3, 0.4) is 0 Å². The lowest BCUT2D eigenvalue weighted by Crippen LogP contribution is -2.40. The zero-order chi connectivity index (χ0) is 14.7. The summed E-state index contributed by atoms with van der Waals surface area (Å²) < 4.78 is 13.7. The lowest BCUT2D eigenvalue weighted by atomic mass is 10.0. The molecule has 20 heavy (non-hydrogen) atoms. The lowest BCUT2D eigenvalue weighted by molar-refractivity contribution is 0.179. The first kappa shape index (κ1) is 15.4. The molecule has 4 heteroatoms. The van der Waals surface area contributed by atoms with Crippen LogP contribution < -0.4 is 5.73 Å². The molecule has 1 saturated heterocycles. The van der Waals surface area contributed by atoms with Crippen molar-refractivity contribution in [3.63, 3.8) is 0 Å². The van der Waals surface area contributed by atoms with Gasteiger partial charge in [0.25, 0.3) is 0 Å². The second-order valence-corrected chi connectivity index (χ2v) is 5.98. The minimum absolute atomic E-state index is 0.0825. The van der Waals surface area contributed by atoms with Crippen molar-refractivity contribution in [2.45, 2.75) is 31.8 Å². The molecular weight excluding hydrogens is 253 g/mol. The Labute approximate surface area is 121 Å². The van der Waals surface area contributed by atoms with Crippen molar-refractivity contribution in [2.75, 3.05) is 33.7 Å². The standard InChI is InChI=1S/C16H26FN3/c1-12-6-7-13(9-15(12)17)16(10-18)20(3)11-14-5-4-8-19(14)2/h6-7,9,14,16H,4-5,8,10-11,18H2,1-3H3. The molecule has 0 amide bonds. The third-order valence-electron chi connectivity index (χ3n) is 4.51. The SMILES string of the molecule is Cc1ccc(C(CN)N(C)CC2CCCN2C)cc1F. The second kappa shape index (κ2) is 6.66. The summed E-state index contributed by atoms with van der Waals surface area (Å²) in [5, 5.41) is 0. The molecule has 2 unspecified atom stereocenters. The van der Waals surface area contributed by atoms with Crippen molar-refractivity contribution in [1.82, 2.24) is 9.80 Å². The van der Waals surface area contributed by atoms with Gasteiger partial charge in [-0.3, -0.25) is 4.90 Å². The molecule has 112 valence electrons. The van der Waals surface area contributed by atoms with Crippen LogP contribution in [-0.4, -0.2) is 49.6 Å². The van der Waals surface area contributed by atoms with Crippen LogP contribution in [0.15, 0.2) is 18.2 Å². The molecule has 0 spiro atoms. The van der Waals surface area contributed by atoms with Gasteiger partial charge in [0.05, 0.1) is 0 Å². The van der Waals surface area contributed by atoms with Crippen molar-refractivity contribution >= 4 is 0 Å². The monoisotopic (exact) mass is 279 g/mol. The van der Waals surface area contributed by atoms with Crippen molar-refractivity contribution in [2.24, 2.45) is 5.73 Å². The highest BCUT2D eigenvalue weighted by atomic mass is 19.1. The van der Waals surface area contributed by atoms with Crippen molar-refractivity contribution in [1.29, 1.82) is 0 Å². The van der Waals surface area contributed by atoms with Gasteiger partial charge in [-0.1, -0.05) is 12.1 Å². The van der Waals surface area contributed by atoms with Crippen LogP contribution in [0.1, 0.15) is 30.0 Å². The Balaban J connectivity index is 2.08. The van der Waals surface area contributed by atoms with Crippen LogP contribution >= 0.6 is 0 Å². The molecule has 1 aliphatic heterocycles. The summed E-state index contributed by atoms with van der Waals surface area (Å²) in [5.74, 6) is -0.146. The van der Waals surface area contributed by atoms with E-state index in [1.807, 2.05) is 12.1 Å². The van der Waals surface area contributed by atoms with E-state index in [0.717, 1.165) is 12.1 Å². The summed E-state index contributed by atoms with van der Waals surface area (Å²) in [6.45, 7) is 4.45. The Hall–Kier alpha value is -0.970. The van der Waals surface area contributed by atoms with E-state index in [-0.39, 0.29) is 11.9 Å². The Kier molecular flexibility index (Phi) is 5.13. The molecule has 0 saturated carbocycles. The van der Waals surface area contributed by atoms with Crippen LogP contribution in [0.25, 0.3) is 0 Å². The number of halogens is 1. The first-order valence-corrected chi connectivity index (χ1v) is 7.39. The van der Waals surface area contributed by atoms with E-state index in [2.05, 4.69) is 23.9 Å². The van der Waals surface area contributed by atoms with Crippen LogP contribution in [0.2, 0.25) is 0 Å². The van der Waals surface area contributed by atoms with Crippen LogP contribution in [0.4, 0.5) is 4.39 Å². The van der Waals surface area contributed by atoms with E-state index in [0.29, 0.717) is 18.2 Å². The van der Waals surface area contributed by atoms with E-state index in [9.17, 15) is 4.39 Å². The van der Waals surface area contributed by atoms with Gasteiger partial charge in [0.2, 0.25) is 0 Å². The molecule has 2 rings (SSSR count). The molecule has 0 aromatic heterocycles. The average molecular weight is 279 g/mol. The Morgan fingerprint density at radius 2 is 2.25 bits per heavy atom. The Bertz CT molecular complexity index is 449. The largest absolute Gasteiger partial charge is 0.329 e. The van der Waals surface area contributed by atoms with Crippen LogP contribution in [-0.2, 0) is 0 Å². The van der Waals surface area contributed by atoms with Gasteiger partial charge in [-0.05, 0) is 57.6 Å². The van der Waals surface area contributed by atoms with E-state index < -0.39 is 0 Å². The van der Waals surface area contributed by atoms with Crippen molar-refractivity contribution in [3.05, 3.63) is 35.1 Å². The number of likely N-dealkylation sites (N-methyl/N-ethyl adjacent to an activating group) is 2. The molecule has 1 aromatic carbocycles. The normalized spacial score (nSPS) is 21.6. The predicted molar refractivity (Wildman–Crippen MR) is 81.2 cm³/mol. The highest BCUT2D eigenvalue weighted by Crippen LogP contribution is 2.23. The van der Waals surface area contributed by atoms with Gasteiger partial charge < -0.3 is 10.6 Å². The van der Waals surface area contributed by atoms with Gasteiger partial charge in [0.15, 0.2) is 0 Å². The number of likely N-dealkylation sites (tertiary alicyclic amines) is 1. The number of hydrogen-bond acceptors (Lipinski definition) is 3. The summed E-state index contributed by atoms with van der Waals surface area (Å²) in [7, 11) is 4.26. The highest BCUT2D eigenvalue weighted by Gasteiger charge is 2.25. The molecule has 1 heterocycles. The maximum atomic E-state index is 13.7. The van der Waals surface area contributed by atoms with Gasteiger partial charge in [0, 0.05) is 25.2 Å². The fourth-order valence-electron chi connectivity index (χ4n) is 3.06. The predicted octanol–water partition coefficient (Wildman–Crippen LogP) is 2.16. The zero-order valence-electron chi connectivity index (χ0n) is 12.8. The number of aryl methyl sites for hydroxylation is 1. The van der Waals surface area contributed by atoms with E-state index in [1.165, 1.54) is 19.4 Å². The minimum Gasteiger partial charge on any atom is -0.329 e. The zero-order valence-corrected chi connectivity index (χ0v) is 12.8. The third kappa shape index (κ3) is 3.37. The number of rotatable bonds is 5. The molecule has 1 aromatic rings. The topological polar surface area (TPSA) is 32.5 Å². The van der Waals surface area contributed by atoms with Crippen molar-refractivity contribution < 1.29 is 4.39 Å². The van der Waals surface area contributed by atoms with Crippen molar-refractivity contribution in [3.8, 4) is 0 Å². The maximum absolute atomic E-state index is 13.7. The fourth-order valence-corrected chi connectivity index (χ4v) is 3.06. The van der Waals surface area contributed by atoms with Gasteiger partial charge in [-0.2, -0.15) is 0 Å².